The minimum Gasteiger partial charge on any atom is -0.492 e. The SMILES string of the molecule is CCCCN(C)c1ccc(C(=O)NCc2cccc(OCCN(C)C3CCOCC3)c2)cc1. The van der Waals surface area contributed by atoms with Crippen molar-refractivity contribution in [3.63, 3.8) is 0 Å². The van der Waals surface area contributed by atoms with Crippen molar-refractivity contribution in [1.29, 1.82) is 0 Å². The lowest BCUT2D eigenvalue weighted by Gasteiger charge is -2.31. The molecule has 0 radical (unpaired) electrons. The Bertz CT molecular complexity index is 850. The number of carbonyl (C=O) groups excluding carboxylic acids is 1. The molecule has 1 saturated heterocycles. The lowest BCUT2D eigenvalue weighted by atomic mass is 10.1. The predicted octanol–water partition coefficient (Wildman–Crippen LogP) is 4.34. The first kappa shape index (κ1) is 25.1. The Balaban J connectivity index is 1.43. The van der Waals surface area contributed by atoms with E-state index in [1.165, 1.54) is 6.42 Å². The molecule has 1 heterocycles. The summed E-state index contributed by atoms with van der Waals surface area (Å²) in [6.07, 6.45) is 4.51. The second-order valence-electron chi connectivity index (χ2n) is 8.82. The molecule has 0 spiro atoms. The molecule has 6 nitrogen and oxygen atoms in total. The number of nitrogens with one attached hydrogen (secondary N) is 1. The van der Waals surface area contributed by atoms with Crippen molar-refractivity contribution < 1.29 is 14.3 Å². The third-order valence-corrected chi connectivity index (χ3v) is 6.30. The number of hydrogen-bond acceptors (Lipinski definition) is 5. The number of hydrogen-bond donors (Lipinski definition) is 1. The number of likely N-dealkylation sites (N-methyl/N-ethyl adjacent to an activating group) is 1. The molecule has 0 bridgehead atoms. The van der Waals surface area contributed by atoms with E-state index in [1.54, 1.807) is 0 Å². The van der Waals surface area contributed by atoms with Gasteiger partial charge in [-0.05, 0) is 68.3 Å². The lowest BCUT2D eigenvalue weighted by Crippen LogP contribution is -2.38. The first-order chi connectivity index (χ1) is 16.1. The number of carbonyl (C=O) groups is 1. The monoisotopic (exact) mass is 453 g/mol. The standard InChI is InChI=1S/C27H39N3O3/c1-4-5-15-29(2)24-11-9-23(10-12-24)27(31)28-21-22-7-6-8-26(20-22)33-19-16-30(3)25-13-17-32-18-14-25/h6-12,20,25H,4-5,13-19,21H2,1-3H3,(H,28,31). The van der Waals surface area contributed by atoms with Gasteiger partial charge in [-0.1, -0.05) is 25.5 Å². The average molecular weight is 454 g/mol. The number of ether oxygens (including phenoxy) is 2. The first-order valence-corrected chi connectivity index (χ1v) is 12.2. The summed E-state index contributed by atoms with van der Waals surface area (Å²) in [5, 5.41) is 3.01. The van der Waals surface area contributed by atoms with Gasteiger partial charge in [0.15, 0.2) is 0 Å². The van der Waals surface area contributed by atoms with E-state index in [-0.39, 0.29) is 5.91 Å². The molecule has 2 aromatic rings. The van der Waals surface area contributed by atoms with E-state index < -0.39 is 0 Å². The van der Waals surface area contributed by atoms with Gasteiger partial charge in [0.2, 0.25) is 0 Å². The molecule has 33 heavy (non-hydrogen) atoms. The van der Waals surface area contributed by atoms with E-state index in [9.17, 15) is 4.79 Å². The van der Waals surface area contributed by atoms with Crippen molar-refractivity contribution in [3.05, 3.63) is 59.7 Å². The number of anilines is 1. The normalized spacial score (nSPS) is 14.3. The maximum Gasteiger partial charge on any atom is 0.251 e. The van der Waals surface area contributed by atoms with Crippen molar-refractivity contribution in [1.82, 2.24) is 10.2 Å². The molecule has 1 amide bonds. The Labute approximate surface area is 198 Å². The van der Waals surface area contributed by atoms with Crippen molar-refractivity contribution in [3.8, 4) is 5.75 Å². The number of rotatable bonds is 12. The number of benzene rings is 2. The lowest BCUT2D eigenvalue weighted by molar-refractivity contribution is 0.0392. The van der Waals surface area contributed by atoms with Crippen LogP contribution >= 0.6 is 0 Å². The van der Waals surface area contributed by atoms with E-state index in [0.29, 0.717) is 24.8 Å². The van der Waals surface area contributed by atoms with Crippen molar-refractivity contribution in [2.24, 2.45) is 0 Å². The zero-order chi connectivity index (χ0) is 23.5. The zero-order valence-electron chi connectivity index (χ0n) is 20.4. The Kier molecular flexibility index (Phi) is 10.0. The highest BCUT2D eigenvalue weighted by atomic mass is 16.5. The Hall–Kier alpha value is -2.57. The highest BCUT2D eigenvalue weighted by Crippen LogP contribution is 2.17. The van der Waals surface area contributed by atoms with Gasteiger partial charge >= 0.3 is 0 Å². The van der Waals surface area contributed by atoms with Crippen LogP contribution in [-0.4, -0.2) is 63.9 Å². The summed E-state index contributed by atoms with van der Waals surface area (Å²) in [6.45, 7) is 6.91. The largest absolute Gasteiger partial charge is 0.492 e. The third-order valence-electron chi connectivity index (χ3n) is 6.30. The molecule has 6 heteroatoms. The highest BCUT2D eigenvalue weighted by molar-refractivity contribution is 5.94. The summed E-state index contributed by atoms with van der Waals surface area (Å²) in [4.78, 5) is 17.2. The van der Waals surface area contributed by atoms with Gasteiger partial charge in [-0.3, -0.25) is 9.69 Å². The van der Waals surface area contributed by atoms with Crippen LogP contribution < -0.4 is 15.0 Å². The zero-order valence-corrected chi connectivity index (χ0v) is 20.4. The van der Waals surface area contributed by atoms with Crippen LogP contribution in [0.1, 0.15) is 48.5 Å². The van der Waals surface area contributed by atoms with Gasteiger partial charge in [0, 0.05) is 57.2 Å². The molecule has 0 aromatic heterocycles. The summed E-state index contributed by atoms with van der Waals surface area (Å²) in [7, 11) is 4.24. The molecule has 1 aliphatic heterocycles. The molecule has 0 aliphatic carbocycles. The summed E-state index contributed by atoms with van der Waals surface area (Å²) in [5.41, 5.74) is 2.83. The van der Waals surface area contributed by atoms with Crippen molar-refractivity contribution >= 4 is 11.6 Å². The molecule has 1 aliphatic rings. The molecule has 3 rings (SSSR count). The van der Waals surface area contributed by atoms with Crippen molar-refractivity contribution in [2.45, 2.75) is 45.2 Å². The second-order valence-corrected chi connectivity index (χ2v) is 8.82. The molecule has 0 unspecified atom stereocenters. The molecule has 1 N–H and O–H groups in total. The van der Waals surface area contributed by atoms with Gasteiger partial charge in [0.05, 0.1) is 0 Å². The molecule has 2 aromatic carbocycles. The fourth-order valence-corrected chi connectivity index (χ4v) is 4.04. The topological polar surface area (TPSA) is 54.0 Å². The average Bonchev–Trinajstić information content (AvgIpc) is 2.86. The van der Waals surface area contributed by atoms with E-state index in [4.69, 9.17) is 9.47 Å². The Morgan fingerprint density at radius 1 is 1.09 bits per heavy atom. The second kappa shape index (κ2) is 13.2. The fraction of sp³-hybridized carbons (Fsp3) is 0.519. The van der Waals surface area contributed by atoms with Crippen LogP contribution in [0.5, 0.6) is 5.75 Å². The van der Waals surface area contributed by atoms with Crippen LogP contribution in [0.15, 0.2) is 48.5 Å². The molecule has 0 saturated carbocycles. The maximum atomic E-state index is 12.6. The van der Waals surface area contributed by atoms with Crippen LogP contribution in [0.4, 0.5) is 5.69 Å². The quantitative estimate of drug-likeness (QED) is 0.518. The van der Waals surface area contributed by atoms with Gasteiger partial charge in [-0.25, -0.2) is 0 Å². The Morgan fingerprint density at radius 2 is 1.85 bits per heavy atom. The van der Waals surface area contributed by atoms with Gasteiger partial charge in [0.25, 0.3) is 5.91 Å². The Morgan fingerprint density at radius 3 is 2.58 bits per heavy atom. The summed E-state index contributed by atoms with van der Waals surface area (Å²) >= 11 is 0. The smallest absolute Gasteiger partial charge is 0.251 e. The van der Waals surface area contributed by atoms with Gasteiger partial charge in [-0.15, -0.1) is 0 Å². The van der Waals surface area contributed by atoms with Gasteiger partial charge < -0.3 is 19.7 Å². The molecular formula is C27H39N3O3. The van der Waals surface area contributed by atoms with Crippen LogP contribution in [0.3, 0.4) is 0 Å². The number of amides is 1. The predicted molar refractivity (Wildman–Crippen MR) is 134 cm³/mol. The third kappa shape index (κ3) is 8.06. The van der Waals surface area contributed by atoms with Crippen LogP contribution in [0.25, 0.3) is 0 Å². The maximum absolute atomic E-state index is 12.6. The number of nitrogens with zero attached hydrogens (tertiary/aromatic N) is 2. The highest BCUT2D eigenvalue weighted by Gasteiger charge is 2.18. The number of unbranched alkanes of at least 4 members (excludes halogenated alkanes) is 1. The molecule has 1 fully saturated rings. The molecule has 0 atom stereocenters. The van der Waals surface area contributed by atoms with E-state index in [0.717, 1.165) is 62.6 Å². The fourth-order valence-electron chi connectivity index (χ4n) is 4.04. The first-order valence-electron chi connectivity index (χ1n) is 12.2. The molecular weight excluding hydrogens is 414 g/mol. The molecule has 180 valence electrons. The van der Waals surface area contributed by atoms with Crippen LogP contribution in [-0.2, 0) is 11.3 Å². The van der Waals surface area contributed by atoms with Crippen molar-refractivity contribution in [2.75, 3.05) is 51.9 Å². The van der Waals surface area contributed by atoms with Crippen LogP contribution in [0, 0.1) is 0 Å². The van der Waals surface area contributed by atoms with Gasteiger partial charge in [0.1, 0.15) is 12.4 Å². The van der Waals surface area contributed by atoms with E-state index in [1.807, 2.05) is 48.5 Å². The summed E-state index contributed by atoms with van der Waals surface area (Å²) < 4.78 is 11.4. The van der Waals surface area contributed by atoms with E-state index in [2.05, 4.69) is 36.1 Å². The van der Waals surface area contributed by atoms with Gasteiger partial charge in [-0.2, -0.15) is 0 Å². The van der Waals surface area contributed by atoms with Crippen LogP contribution in [0.2, 0.25) is 0 Å². The summed E-state index contributed by atoms with van der Waals surface area (Å²) in [6, 6.07) is 16.3. The minimum absolute atomic E-state index is 0.0674. The van der Waals surface area contributed by atoms with E-state index >= 15 is 0 Å². The minimum atomic E-state index is -0.0674. The summed E-state index contributed by atoms with van der Waals surface area (Å²) in [5.74, 6) is 0.767.